The Balaban J connectivity index is 1.47. The lowest BCUT2D eigenvalue weighted by Crippen LogP contribution is -2.41. The number of hydrogen-bond acceptors (Lipinski definition) is 5. The second-order valence-corrected chi connectivity index (χ2v) is 6.64. The van der Waals surface area contributed by atoms with Gasteiger partial charge in [0.05, 0.1) is 5.52 Å². The lowest BCUT2D eigenvalue weighted by Gasteiger charge is -2.33. The predicted octanol–water partition coefficient (Wildman–Crippen LogP) is 2.27. The fourth-order valence-corrected chi connectivity index (χ4v) is 3.58. The Kier molecular flexibility index (Phi) is 4.51. The van der Waals surface area contributed by atoms with Crippen molar-refractivity contribution in [3.8, 4) is 0 Å². The van der Waals surface area contributed by atoms with Crippen LogP contribution in [0.5, 0.6) is 0 Å². The van der Waals surface area contributed by atoms with Gasteiger partial charge in [0.2, 0.25) is 5.91 Å². The Labute approximate surface area is 152 Å². The van der Waals surface area contributed by atoms with Crippen LogP contribution in [0.2, 0.25) is 0 Å². The van der Waals surface area contributed by atoms with Gasteiger partial charge in [-0.25, -0.2) is 9.67 Å². The van der Waals surface area contributed by atoms with Crippen molar-refractivity contribution in [1.29, 1.82) is 0 Å². The molecule has 1 amide bonds. The van der Waals surface area contributed by atoms with Gasteiger partial charge in [-0.15, -0.1) is 5.10 Å². The summed E-state index contributed by atoms with van der Waals surface area (Å²) in [5.74, 6) is 1.29. The molecule has 1 atom stereocenters. The van der Waals surface area contributed by atoms with E-state index in [1.54, 1.807) is 4.68 Å². The monoisotopic (exact) mass is 350 g/mol. The molecule has 0 radical (unpaired) electrons. The van der Waals surface area contributed by atoms with Crippen LogP contribution in [0.4, 0.5) is 5.82 Å². The van der Waals surface area contributed by atoms with Gasteiger partial charge in [0.1, 0.15) is 17.9 Å². The first-order chi connectivity index (χ1) is 12.7. The van der Waals surface area contributed by atoms with E-state index in [0.29, 0.717) is 5.92 Å². The lowest BCUT2D eigenvalue weighted by molar-refractivity contribution is -0.133. The molecular weight excluding hydrogens is 328 g/mol. The third kappa shape index (κ3) is 3.24. The van der Waals surface area contributed by atoms with E-state index < -0.39 is 0 Å². The van der Waals surface area contributed by atoms with Gasteiger partial charge in [0, 0.05) is 32.3 Å². The Morgan fingerprint density at radius 3 is 3.08 bits per heavy atom. The second-order valence-electron chi connectivity index (χ2n) is 6.64. The zero-order chi connectivity index (χ0) is 17.9. The van der Waals surface area contributed by atoms with Crippen molar-refractivity contribution in [2.75, 3.05) is 25.5 Å². The maximum atomic E-state index is 12.8. The Bertz CT molecular complexity index is 921. The third-order valence-corrected chi connectivity index (χ3v) is 4.99. The minimum atomic E-state index is 0.0910. The Morgan fingerprint density at radius 1 is 1.31 bits per heavy atom. The van der Waals surface area contributed by atoms with Crippen LogP contribution >= 0.6 is 0 Å². The van der Waals surface area contributed by atoms with Crippen LogP contribution in [0, 0.1) is 0 Å². The molecule has 134 valence electrons. The van der Waals surface area contributed by atoms with Crippen molar-refractivity contribution in [2.24, 2.45) is 0 Å². The summed E-state index contributed by atoms with van der Waals surface area (Å²) in [4.78, 5) is 19.0. The van der Waals surface area contributed by atoms with E-state index in [4.69, 9.17) is 0 Å². The van der Waals surface area contributed by atoms with Crippen LogP contribution < -0.4 is 5.32 Å². The van der Waals surface area contributed by atoms with Gasteiger partial charge in [0.15, 0.2) is 0 Å². The largest absolute Gasteiger partial charge is 0.373 e. The Hall–Kier alpha value is -2.96. The average Bonchev–Trinajstić information content (AvgIpc) is 3.11. The van der Waals surface area contributed by atoms with E-state index in [-0.39, 0.29) is 12.5 Å². The number of para-hydroxylation sites is 1. The summed E-state index contributed by atoms with van der Waals surface area (Å²) in [6, 6.07) is 11.8. The first-order valence-electron chi connectivity index (χ1n) is 8.94. The van der Waals surface area contributed by atoms with Crippen molar-refractivity contribution in [3.05, 3.63) is 48.2 Å². The van der Waals surface area contributed by atoms with Crippen molar-refractivity contribution in [3.63, 3.8) is 0 Å². The van der Waals surface area contributed by atoms with Crippen LogP contribution in [-0.2, 0) is 11.3 Å². The lowest BCUT2D eigenvalue weighted by atomic mass is 9.91. The highest BCUT2D eigenvalue weighted by Gasteiger charge is 2.25. The number of rotatable bonds is 4. The van der Waals surface area contributed by atoms with E-state index >= 15 is 0 Å². The number of piperidine rings is 1. The van der Waals surface area contributed by atoms with Crippen LogP contribution in [-0.4, -0.2) is 50.9 Å². The van der Waals surface area contributed by atoms with Crippen LogP contribution in [0.25, 0.3) is 11.0 Å². The molecule has 0 spiro atoms. The fourth-order valence-electron chi connectivity index (χ4n) is 3.58. The van der Waals surface area contributed by atoms with Crippen molar-refractivity contribution < 1.29 is 4.79 Å². The molecule has 0 aliphatic carbocycles. The molecule has 26 heavy (non-hydrogen) atoms. The summed E-state index contributed by atoms with van der Waals surface area (Å²) in [6.45, 7) is 1.76. The molecule has 1 aliphatic rings. The van der Waals surface area contributed by atoms with Crippen molar-refractivity contribution in [1.82, 2.24) is 24.9 Å². The second kappa shape index (κ2) is 7.11. The number of carbonyl (C=O) groups is 1. The molecule has 1 aliphatic heterocycles. The number of nitrogens with one attached hydrogen (secondary N) is 1. The number of likely N-dealkylation sites (tertiary alicyclic amines) is 1. The highest BCUT2D eigenvalue weighted by molar-refractivity contribution is 5.80. The van der Waals surface area contributed by atoms with E-state index in [1.165, 1.54) is 5.56 Å². The molecular formula is C19H22N6O. The number of amides is 1. The topological polar surface area (TPSA) is 75.9 Å². The maximum absolute atomic E-state index is 12.8. The number of aromatic nitrogens is 4. The van der Waals surface area contributed by atoms with E-state index in [0.717, 1.165) is 42.8 Å². The van der Waals surface area contributed by atoms with Gasteiger partial charge in [-0.3, -0.25) is 4.79 Å². The summed E-state index contributed by atoms with van der Waals surface area (Å²) < 4.78 is 1.69. The zero-order valence-corrected chi connectivity index (χ0v) is 14.8. The standard InChI is InChI=1S/C19H22N6O/c1-20-18-11-14(8-9-21-18)15-5-4-10-24(12-15)19(26)13-25-17-7-3-2-6-16(17)22-23-25/h2-3,6-9,11,15H,4-5,10,12-13H2,1H3,(H,20,21). The number of nitrogens with zero attached hydrogens (tertiary/aromatic N) is 5. The highest BCUT2D eigenvalue weighted by Crippen LogP contribution is 2.28. The number of pyridine rings is 1. The number of anilines is 1. The molecule has 7 heteroatoms. The van der Waals surface area contributed by atoms with Crippen LogP contribution in [0.15, 0.2) is 42.6 Å². The predicted molar refractivity (Wildman–Crippen MR) is 99.9 cm³/mol. The molecule has 1 fully saturated rings. The van der Waals surface area contributed by atoms with Gasteiger partial charge >= 0.3 is 0 Å². The molecule has 2 aromatic heterocycles. The molecule has 1 N–H and O–H groups in total. The normalized spacial score (nSPS) is 17.4. The molecule has 0 saturated carbocycles. The van der Waals surface area contributed by atoms with E-state index in [2.05, 4.69) is 26.7 Å². The zero-order valence-electron chi connectivity index (χ0n) is 14.8. The molecule has 0 bridgehead atoms. The van der Waals surface area contributed by atoms with Gasteiger partial charge < -0.3 is 10.2 Å². The van der Waals surface area contributed by atoms with E-state index in [1.807, 2.05) is 48.5 Å². The summed E-state index contributed by atoms with van der Waals surface area (Å²) in [7, 11) is 1.87. The molecule has 7 nitrogen and oxygen atoms in total. The van der Waals surface area contributed by atoms with Crippen molar-refractivity contribution in [2.45, 2.75) is 25.3 Å². The Morgan fingerprint density at radius 2 is 2.19 bits per heavy atom. The number of benzene rings is 1. The van der Waals surface area contributed by atoms with Gasteiger partial charge in [-0.1, -0.05) is 17.3 Å². The summed E-state index contributed by atoms with van der Waals surface area (Å²) >= 11 is 0. The maximum Gasteiger partial charge on any atom is 0.244 e. The van der Waals surface area contributed by atoms with Gasteiger partial charge in [-0.2, -0.15) is 0 Å². The van der Waals surface area contributed by atoms with E-state index in [9.17, 15) is 4.79 Å². The molecule has 1 saturated heterocycles. The molecule has 3 heterocycles. The van der Waals surface area contributed by atoms with Gasteiger partial charge in [0.25, 0.3) is 0 Å². The minimum Gasteiger partial charge on any atom is -0.373 e. The number of fused-ring (bicyclic) bond motifs is 1. The average molecular weight is 350 g/mol. The first kappa shape index (κ1) is 16.5. The summed E-state index contributed by atoms with van der Waals surface area (Å²) in [5, 5.41) is 11.3. The van der Waals surface area contributed by atoms with Crippen molar-refractivity contribution >= 4 is 22.8 Å². The quantitative estimate of drug-likeness (QED) is 0.781. The smallest absolute Gasteiger partial charge is 0.244 e. The third-order valence-electron chi connectivity index (χ3n) is 4.99. The molecule has 4 rings (SSSR count). The summed E-state index contributed by atoms with van der Waals surface area (Å²) in [5.41, 5.74) is 2.93. The molecule has 1 aromatic carbocycles. The number of carbonyl (C=O) groups excluding carboxylic acids is 1. The van der Waals surface area contributed by atoms with Crippen LogP contribution in [0.3, 0.4) is 0 Å². The molecule has 3 aromatic rings. The summed E-state index contributed by atoms with van der Waals surface area (Å²) in [6.07, 6.45) is 3.92. The molecule has 1 unspecified atom stereocenters. The fraction of sp³-hybridized carbons (Fsp3) is 0.368. The first-order valence-corrected chi connectivity index (χ1v) is 8.94. The van der Waals surface area contributed by atoms with Gasteiger partial charge in [-0.05, 0) is 42.7 Å². The highest BCUT2D eigenvalue weighted by atomic mass is 16.2. The number of hydrogen-bond donors (Lipinski definition) is 1. The SMILES string of the molecule is CNc1cc(C2CCCN(C(=O)Cn3nnc4ccccc43)C2)ccn1. The van der Waals surface area contributed by atoms with Crippen LogP contribution in [0.1, 0.15) is 24.3 Å². The minimum absolute atomic E-state index is 0.0910.